The van der Waals surface area contributed by atoms with Crippen LogP contribution in [0.1, 0.15) is 20.3 Å². The Morgan fingerprint density at radius 2 is 2.29 bits per heavy atom. The molecule has 0 aliphatic heterocycles. The van der Waals surface area contributed by atoms with Crippen LogP contribution in [0.15, 0.2) is 17.1 Å². The van der Waals surface area contributed by atoms with Crippen molar-refractivity contribution >= 4 is 18.1 Å². The largest absolute Gasteiger partial charge is 0.356 e. The molecule has 0 aliphatic carbocycles. The van der Waals surface area contributed by atoms with Gasteiger partial charge >= 0.3 is 0 Å². The van der Waals surface area contributed by atoms with Crippen LogP contribution in [0.25, 0.3) is 0 Å². The van der Waals surface area contributed by atoms with Gasteiger partial charge in [-0.05, 0) is 18.1 Å². The molecule has 0 radical (unpaired) electrons. The average Bonchev–Trinajstić information content (AvgIpc) is 2.25. The minimum atomic E-state index is -0.226. The van der Waals surface area contributed by atoms with Crippen LogP contribution in [0.5, 0.6) is 0 Å². The van der Waals surface area contributed by atoms with E-state index in [1.165, 1.54) is 6.07 Å². The molecule has 94 valence electrons. The van der Waals surface area contributed by atoms with Crippen LogP contribution in [-0.2, 0) is 11.3 Å². The second-order valence-corrected chi connectivity index (χ2v) is 4.64. The van der Waals surface area contributed by atoms with Gasteiger partial charge in [-0.25, -0.2) is 0 Å². The molecule has 1 aromatic heterocycles. The zero-order valence-corrected chi connectivity index (χ0v) is 10.8. The summed E-state index contributed by atoms with van der Waals surface area (Å²) >= 11 is 4.97. The highest BCUT2D eigenvalue weighted by Crippen LogP contribution is 1.93. The molecule has 0 aromatic carbocycles. The molecule has 1 aromatic rings. The number of carbonyl (C=O) groups excluding carboxylic acids is 1. The van der Waals surface area contributed by atoms with E-state index in [1.54, 1.807) is 10.8 Å². The Hall–Kier alpha value is -1.43. The molecule has 0 spiro atoms. The highest BCUT2D eigenvalue weighted by atomic mass is 32.1. The molecule has 0 saturated heterocycles. The number of carbonyl (C=O) groups is 1. The molecule has 1 amide bonds. The van der Waals surface area contributed by atoms with Gasteiger partial charge in [0.05, 0.1) is 0 Å². The summed E-state index contributed by atoms with van der Waals surface area (Å²) in [5.41, 5.74) is -0.226. The second-order valence-electron chi connectivity index (χ2n) is 4.25. The standard InChI is InChI=1S/C11H17N3O2S/c1-8(2)7-12-9(15)3-5-14-6-4-10(16)13-11(14)17/h4,6,8H,3,5,7H2,1-2H3,(H,12,15)(H,13,16,17). The van der Waals surface area contributed by atoms with Crippen molar-refractivity contribution in [3.8, 4) is 0 Å². The molecule has 1 rings (SSSR count). The summed E-state index contributed by atoms with van der Waals surface area (Å²) in [6.45, 7) is 5.23. The predicted octanol–water partition coefficient (Wildman–Crippen LogP) is 1.07. The van der Waals surface area contributed by atoms with Crippen LogP contribution in [0.2, 0.25) is 0 Å². The molecule has 0 atom stereocenters. The van der Waals surface area contributed by atoms with Gasteiger partial charge in [0.1, 0.15) is 0 Å². The van der Waals surface area contributed by atoms with E-state index in [2.05, 4.69) is 10.3 Å². The monoisotopic (exact) mass is 255 g/mol. The quantitative estimate of drug-likeness (QED) is 0.773. The van der Waals surface area contributed by atoms with Gasteiger partial charge in [-0.1, -0.05) is 13.8 Å². The normalized spacial score (nSPS) is 10.5. The highest BCUT2D eigenvalue weighted by molar-refractivity contribution is 7.71. The number of hydrogen-bond donors (Lipinski definition) is 2. The minimum Gasteiger partial charge on any atom is -0.356 e. The first-order valence-electron chi connectivity index (χ1n) is 5.55. The van der Waals surface area contributed by atoms with Crippen molar-refractivity contribution in [3.63, 3.8) is 0 Å². The van der Waals surface area contributed by atoms with E-state index >= 15 is 0 Å². The Morgan fingerprint density at radius 1 is 1.59 bits per heavy atom. The zero-order valence-electron chi connectivity index (χ0n) is 10.0. The van der Waals surface area contributed by atoms with Gasteiger partial charge in [0, 0.05) is 31.8 Å². The molecule has 0 fully saturated rings. The summed E-state index contributed by atoms with van der Waals surface area (Å²) < 4.78 is 2.01. The lowest BCUT2D eigenvalue weighted by atomic mass is 10.2. The van der Waals surface area contributed by atoms with Crippen molar-refractivity contribution < 1.29 is 4.79 Å². The van der Waals surface area contributed by atoms with E-state index < -0.39 is 0 Å². The van der Waals surface area contributed by atoms with Crippen molar-refractivity contribution in [1.82, 2.24) is 14.9 Å². The van der Waals surface area contributed by atoms with E-state index in [1.807, 2.05) is 13.8 Å². The van der Waals surface area contributed by atoms with Crippen molar-refractivity contribution in [2.45, 2.75) is 26.8 Å². The van der Waals surface area contributed by atoms with E-state index in [4.69, 9.17) is 12.2 Å². The first-order valence-corrected chi connectivity index (χ1v) is 5.96. The van der Waals surface area contributed by atoms with Crippen LogP contribution in [-0.4, -0.2) is 22.0 Å². The average molecular weight is 255 g/mol. The molecule has 0 bridgehead atoms. The maximum absolute atomic E-state index is 11.5. The van der Waals surface area contributed by atoms with Gasteiger partial charge < -0.3 is 9.88 Å². The van der Waals surface area contributed by atoms with Crippen molar-refractivity contribution in [3.05, 3.63) is 27.4 Å². The summed E-state index contributed by atoms with van der Waals surface area (Å²) in [6.07, 6.45) is 1.95. The Kier molecular flexibility index (Phi) is 5.09. The molecule has 6 heteroatoms. The van der Waals surface area contributed by atoms with Crippen LogP contribution in [0, 0.1) is 10.7 Å². The summed E-state index contributed by atoms with van der Waals surface area (Å²) in [5.74, 6) is 0.431. The number of aromatic nitrogens is 2. The van der Waals surface area contributed by atoms with E-state index in [0.29, 0.717) is 30.2 Å². The molecule has 1 heterocycles. The zero-order chi connectivity index (χ0) is 12.8. The van der Waals surface area contributed by atoms with Gasteiger partial charge in [0.25, 0.3) is 5.56 Å². The molecule has 5 nitrogen and oxygen atoms in total. The molecule has 17 heavy (non-hydrogen) atoms. The minimum absolute atomic E-state index is 0.00759. The number of hydrogen-bond acceptors (Lipinski definition) is 3. The molecular formula is C11H17N3O2S. The number of aromatic amines is 1. The third-order valence-electron chi connectivity index (χ3n) is 2.18. The maximum atomic E-state index is 11.5. The van der Waals surface area contributed by atoms with E-state index in [0.717, 1.165) is 0 Å². The van der Waals surface area contributed by atoms with Crippen molar-refractivity contribution in [2.24, 2.45) is 5.92 Å². The first kappa shape index (κ1) is 13.6. The highest BCUT2D eigenvalue weighted by Gasteiger charge is 2.02. The van der Waals surface area contributed by atoms with E-state index in [9.17, 15) is 9.59 Å². The summed E-state index contributed by atoms with van der Waals surface area (Å²) in [7, 11) is 0. The number of H-pyrrole nitrogens is 1. The topological polar surface area (TPSA) is 66.9 Å². The number of amides is 1. The molecule has 0 unspecified atom stereocenters. The number of aryl methyl sites for hydroxylation is 1. The summed E-state index contributed by atoms with van der Waals surface area (Å²) in [4.78, 5) is 24.9. The summed E-state index contributed by atoms with van der Waals surface area (Å²) in [5, 5.41) is 2.82. The Morgan fingerprint density at radius 3 is 2.88 bits per heavy atom. The van der Waals surface area contributed by atoms with Crippen molar-refractivity contribution in [2.75, 3.05) is 6.54 Å². The van der Waals surface area contributed by atoms with Gasteiger partial charge in [-0.2, -0.15) is 0 Å². The Balaban J connectivity index is 2.48. The lowest BCUT2D eigenvalue weighted by molar-refractivity contribution is -0.121. The van der Waals surface area contributed by atoms with Crippen LogP contribution in [0.4, 0.5) is 0 Å². The maximum Gasteiger partial charge on any atom is 0.251 e. The van der Waals surface area contributed by atoms with Gasteiger partial charge in [0.15, 0.2) is 4.77 Å². The lowest BCUT2D eigenvalue weighted by Crippen LogP contribution is -2.28. The third-order valence-corrected chi connectivity index (χ3v) is 2.52. The fraction of sp³-hybridized carbons (Fsp3) is 0.545. The Bertz CT molecular complexity index is 490. The number of nitrogens with one attached hydrogen (secondary N) is 2. The molecule has 2 N–H and O–H groups in total. The second kappa shape index (κ2) is 6.34. The van der Waals surface area contributed by atoms with Crippen molar-refractivity contribution in [1.29, 1.82) is 0 Å². The number of nitrogens with zero attached hydrogens (tertiary/aromatic N) is 1. The van der Waals surface area contributed by atoms with E-state index in [-0.39, 0.29) is 11.5 Å². The van der Waals surface area contributed by atoms with Gasteiger partial charge in [-0.15, -0.1) is 0 Å². The van der Waals surface area contributed by atoms with Gasteiger partial charge in [0.2, 0.25) is 5.91 Å². The SMILES string of the molecule is CC(C)CNC(=O)CCn1ccc(=O)[nH]c1=S. The smallest absolute Gasteiger partial charge is 0.251 e. The molecule has 0 saturated carbocycles. The van der Waals surface area contributed by atoms with Crippen LogP contribution in [0.3, 0.4) is 0 Å². The van der Waals surface area contributed by atoms with Crippen LogP contribution < -0.4 is 10.9 Å². The van der Waals surface area contributed by atoms with Gasteiger partial charge in [-0.3, -0.25) is 14.6 Å². The predicted molar refractivity (Wildman–Crippen MR) is 68.4 cm³/mol. The fourth-order valence-electron chi connectivity index (χ4n) is 1.25. The number of rotatable bonds is 5. The third kappa shape index (κ3) is 4.95. The summed E-state index contributed by atoms with van der Waals surface area (Å²) in [6, 6.07) is 1.39. The molecule has 0 aliphatic rings. The first-order chi connectivity index (χ1) is 7.99. The lowest BCUT2D eigenvalue weighted by Gasteiger charge is -2.08. The fourth-order valence-corrected chi connectivity index (χ4v) is 1.50. The molecular weight excluding hydrogens is 238 g/mol. The van der Waals surface area contributed by atoms with Crippen LogP contribution >= 0.6 is 12.2 Å². The Labute approximate surface area is 105 Å².